The second-order valence-electron chi connectivity index (χ2n) is 13.7. The molecule has 1 aromatic heterocycles. The molecule has 12 heteroatoms. The first kappa shape index (κ1) is 33.0. The summed E-state index contributed by atoms with van der Waals surface area (Å²) in [6.07, 6.45) is 2.25. The van der Waals surface area contributed by atoms with Gasteiger partial charge in [0.15, 0.2) is 5.60 Å². The number of benzene rings is 3. The zero-order valence-electron chi connectivity index (χ0n) is 28.4. The predicted molar refractivity (Wildman–Crippen MR) is 188 cm³/mol. The van der Waals surface area contributed by atoms with Crippen molar-refractivity contribution in [3.8, 4) is 5.75 Å². The largest absolute Gasteiger partial charge is 0.497 e. The van der Waals surface area contributed by atoms with E-state index in [0.717, 1.165) is 28.3 Å². The van der Waals surface area contributed by atoms with Crippen LogP contribution in [0.4, 0.5) is 16.2 Å². The number of aliphatic hydroxyl groups excluding tert-OH is 1. The van der Waals surface area contributed by atoms with Crippen LogP contribution in [0.2, 0.25) is 18.6 Å². The fourth-order valence-corrected chi connectivity index (χ4v) is 12.3. The van der Waals surface area contributed by atoms with E-state index >= 15 is 4.79 Å². The number of methoxy groups -OCH3 is 1. The SMILES string of the molecule is COc1ccc([Si](C)(C)[C@H]2[C@H](CCn3cc(CCO)nn3)O[C@@]3(C(=O)N(Cc4ccccc4)c4ccc(N5CCOC5=O)cc43)[C@@H]2C)cc1. The number of ether oxygens (including phenoxy) is 3. The average Bonchev–Trinajstić information content (AvgIpc) is 3.87. The second-order valence-corrected chi connectivity index (χ2v) is 18.4. The summed E-state index contributed by atoms with van der Waals surface area (Å²) in [6.45, 7) is 8.61. The van der Waals surface area contributed by atoms with Crippen LogP contribution in [0.1, 0.15) is 30.2 Å². The zero-order valence-corrected chi connectivity index (χ0v) is 29.4. The second kappa shape index (κ2) is 13.1. The Morgan fingerprint density at radius 1 is 1.06 bits per heavy atom. The lowest BCUT2D eigenvalue weighted by Gasteiger charge is -2.37. The van der Waals surface area contributed by atoms with Gasteiger partial charge in [0.1, 0.15) is 12.4 Å². The Morgan fingerprint density at radius 2 is 1.84 bits per heavy atom. The molecule has 0 aliphatic carbocycles. The number of cyclic esters (lactones) is 1. The third kappa shape index (κ3) is 5.71. The van der Waals surface area contributed by atoms with Crippen molar-refractivity contribution in [2.45, 2.75) is 63.2 Å². The van der Waals surface area contributed by atoms with Crippen LogP contribution in [0.5, 0.6) is 5.75 Å². The van der Waals surface area contributed by atoms with Crippen molar-refractivity contribution >= 4 is 36.6 Å². The highest BCUT2D eigenvalue weighted by Gasteiger charge is 2.66. The first-order valence-electron chi connectivity index (χ1n) is 16.9. The van der Waals surface area contributed by atoms with Crippen LogP contribution in [-0.4, -0.2) is 73.1 Å². The van der Waals surface area contributed by atoms with Gasteiger partial charge in [-0.2, -0.15) is 0 Å². The van der Waals surface area contributed by atoms with Gasteiger partial charge in [-0.15, -0.1) is 5.10 Å². The molecule has 7 rings (SSSR count). The minimum Gasteiger partial charge on any atom is -0.497 e. The third-order valence-electron chi connectivity index (χ3n) is 10.7. The molecule has 3 aromatic carbocycles. The number of aryl methyl sites for hydroxylation is 1. The standard InChI is InChI=1S/C37H43N5O6Si/c1-25-34(49(3,4)30-13-11-29(46-2)12-14-30)33(16-18-40-24-27(17-20-43)38-39-40)48-37(25)31-22-28(41-19-21-47-36(41)45)10-15-32(31)42(35(37)44)23-26-8-6-5-7-9-26/h5-15,22,24-25,33-34,43H,16-21,23H2,1-4H3/t25-,33+,34-,37+/m1/s1. The van der Waals surface area contributed by atoms with Crippen molar-refractivity contribution in [2.24, 2.45) is 5.92 Å². The van der Waals surface area contributed by atoms with Crippen LogP contribution < -0.4 is 19.7 Å². The Bertz CT molecular complexity index is 1830. The molecular weight excluding hydrogens is 639 g/mol. The van der Waals surface area contributed by atoms with Crippen molar-refractivity contribution in [3.63, 3.8) is 0 Å². The fourth-order valence-electron chi connectivity index (χ4n) is 8.23. The topological polar surface area (TPSA) is 119 Å². The molecule has 4 aromatic rings. The number of carbonyl (C=O) groups excluding carboxylic acids is 2. The van der Waals surface area contributed by atoms with Gasteiger partial charge in [0, 0.05) is 42.9 Å². The number of nitrogens with zero attached hydrogens (tertiary/aromatic N) is 5. The van der Waals surface area contributed by atoms with E-state index in [4.69, 9.17) is 14.2 Å². The van der Waals surface area contributed by atoms with E-state index in [1.165, 1.54) is 5.19 Å². The number of rotatable bonds is 11. The molecule has 4 atom stereocenters. The Balaban J connectivity index is 1.33. The summed E-state index contributed by atoms with van der Waals surface area (Å²) < 4.78 is 19.9. The van der Waals surface area contributed by atoms with Crippen LogP contribution in [0, 0.1) is 5.92 Å². The van der Waals surface area contributed by atoms with Gasteiger partial charge in [0.25, 0.3) is 5.91 Å². The summed E-state index contributed by atoms with van der Waals surface area (Å²) in [7, 11) is -0.691. The van der Waals surface area contributed by atoms with Crippen LogP contribution in [0.25, 0.3) is 0 Å². The number of aromatic nitrogens is 3. The molecule has 0 bridgehead atoms. The molecule has 3 aliphatic rings. The molecule has 3 aliphatic heterocycles. The molecule has 256 valence electrons. The van der Waals surface area contributed by atoms with Crippen molar-refractivity contribution in [3.05, 3.63) is 95.8 Å². The number of amides is 2. The van der Waals surface area contributed by atoms with Crippen molar-refractivity contribution in [2.75, 3.05) is 36.7 Å². The number of hydrogen-bond donors (Lipinski definition) is 1. The van der Waals surface area contributed by atoms with Crippen LogP contribution in [0.15, 0.2) is 79.0 Å². The summed E-state index contributed by atoms with van der Waals surface area (Å²) in [5.74, 6) is 0.513. The van der Waals surface area contributed by atoms with E-state index in [-0.39, 0.29) is 30.1 Å². The number of carbonyl (C=O) groups is 2. The van der Waals surface area contributed by atoms with E-state index in [2.05, 4.69) is 42.5 Å². The normalized spacial score (nSPS) is 23.4. The summed E-state index contributed by atoms with van der Waals surface area (Å²) in [5.41, 5.74) is 2.80. The maximum atomic E-state index is 15.1. The Labute approximate surface area is 287 Å². The lowest BCUT2D eigenvalue weighted by atomic mass is 9.82. The van der Waals surface area contributed by atoms with Gasteiger partial charge in [-0.25, -0.2) is 4.79 Å². The van der Waals surface area contributed by atoms with E-state index in [1.54, 1.807) is 16.7 Å². The molecule has 0 radical (unpaired) electrons. The maximum Gasteiger partial charge on any atom is 0.414 e. The number of hydrogen-bond acceptors (Lipinski definition) is 8. The monoisotopic (exact) mass is 681 g/mol. The van der Waals surface area contributed by atoms with Crippen molar-refractivity contribution < 1.29 is 28.9 Å². The molecule has 0 unspecified atom stereocenters. The lowest BCUT2D eigenvalue weighted by Crippen LogP contribution is -2.51. The summed E-state index contributed by atoms with van der Waals surface area (Å²) in [4.78, 5) is 31.3. The van der Waals surface area contributed by atoms with E-state index in [9.17, 15) is 9.90 Å². The Kier molecular flexibility index (Phi) is 8.80. The minimum atomic E-state index is -2.36. The number of aliphatic hydroxyl groups is 1. The molecule has 49 heavy (non-hydrogen) atoms. The highest BCUT2D eigenvalue weighted by atomic mass is 28.3. The number of anilines is 2. The lowest BCUT2D eigenvalue weighted by molar-refractivity contribution is -0.146. The average molecular weight is 682 g/mol. The Hall–Kier alpha value is -4.52. The van der Waals surface area contributed by atoms with E-state index in [1.807, 2.05) is 71.8 Å². The molecule has 1 spiro atoms. The van der Waals surface area contributed by atoms with Gasteiger partial charge in [-0.3, -0.25) is 14.4 Å². The summed E-state index contributed by atoms with van der Waals surface area (Å²) in [6, 6.07) is 24.1. The number of fused-ring (bicyclic) bond motifs is 2. The summed E-state index contributed by atoms with van der Waals surface area (Å²) >= 11 is 0. The minimum absolute atomic E-state index is 0.00628. The molecule has 2 amide bonds. The van der Waals surface area contributed by atoms with Crippen molar-refractivity contribution in [1.82, 2.24) is 15.0 Å². The van der Waals surface area contributed by atoms with Gasteiger partial charge in [0.2, 0.25) is 0 Å². The highest BCUT2D eigenvalue weighted by Crippen LogP contribution is 2.60. The zero-order chi connectivity index (χ0) is 34.3. The van der Waals surface area contributed by atoms with Crippen LogP contribution in [-0.2, 0) is 39.4 Å². The maximum absolute atomic E-state index is 15.1. The molecule has 0 saturated carbocycles. The summed E-state index contributed by atoms with van der Waals surface area (Å²) in [5, 5.41) is 19.2. The van der Waals surface area contributed by atoms with Gasteiger partial charge in [-0.1, -0.05) is 72.9 Å². The third-order valence-corrected chi connectivity index (χ3v) is 15.0. The predicted octanol–water partition coefficient (Wildman–Crippen LogP) is 4.63. The first-order valence-corrected chi connectivity index (χ1v) is 20.0. The smallest absolute Gasteiger partial charge is 0.414 e. The van der Waals surface area contributed by atoms with Gasteiger partial charge < -0.3 is 24.2 Å². The van der Waals surface area contributed by atoms with Crippen LogP contribution >= 0.6 is 0 Å². The molecule has 2 fully saturated rings. The Morgan fingerprint density at radius 3 is 2.53 bits per heavy atom. The highest BCUT2D eigenvalue weighted by molar-refractivity contribution is 6.91. The quantitative estimate of drug-likeness (QED) is 0.228. The van der Waals surface area contributed by atoms with Crippen LogP contribution in [0.3, 0.4) is 0 Å². The van der Waals surface area contributed by atoms with Crippen molar-refractivity contribution in [1.29, 1.82) is 0 Å². The molecule has 11 nitrogen and oxygen atoms in total. The van der Waals surface area contributed by atoms with Gasteiger partial charge in [-0.05, 0) is 47.9 Å². The van der Waals surface area contributed by atoms with Gasteiger partial charge in [0.05, 0.1) is 45.8 Å². The molecular formula is C37H43N5O6Si. The molecule has 1 N–H and O–H groups in total. The first-order chi connectivity index (χ1) is 23.7. The molecule has 4 heterocycles. The van der Waals surface area contributed by atoms with E-state index in [0.29, 0.717) is 44.8 Å². The fraction of sp³-hybridized carbons (Fsp3) is 0.405. The van der Waals surface area contributed by atoms with Gasteiger partial charge >= 0.3 is 6.09 Å². The molecule has 2 saturated heterocycles. The van der Waals surface area contributed by atoms with E-state index < -0.39 is 19.8 Å².